The van der Waals surface area contributed by atoms with Crippen molar-refractivity contribution in [2.45, 2.75) is 38.0 Å². The van der Waals surface area contributed by atoms with E-state index in [1.165, 1.54) is 83.5 Å². The topological polar surface area (TPSA) is 0 Å². The zero-order valence-corrected chi connectivity index (χ0v) is 27.7. The highest BCUT2D eigenvalue weighted by atomic mass is 14.4. The zero-order valence-electron chi connectivity index (χ0n) is 27.7. The second kappa shape index (κ2) is 11.1. The molecule has 0 aromatic heterocycles. The Hall–Kier alpha value is -5.46. The molecule has 0 aliphatic heterocycles. The van der Waals surface area contributed by atoms with Crippen molar-refractivity contribution in [3.63, 3.8) is 0 Å². The lowest BCUT2D eigenvalue weighted by atomic mass is 9.78. The average Bonchev–Trinajstić information content (AvgIpc) is 3.65. The predicted octanol–water partition coefficient (Wildman–Crippen LogP) is 12.6. The van der Waals surface area contributed by atoms with Crippen LogP contribution in [0.3, 0.4) is 0 Å². The normalized spacial score (nSPS) is 15.8. The molecule has 7 aromatic rings. The van der Waals surface area contributed by atoms with E-state index in [2.05, 4.69) is 185 Å². The Kier molecular flexibility index (Phi) is 6.63. The standard InChI is InChI=1S/C48H38/c1-48(2,3)37-24-22-33(23-25-37)44-40-20-12-10-18-38(40)42-26-27-43-39-19-11-13-21-41(39)45(47(43)46(42)44)36-29-34(31-14-6-4-7-15-31)28-35(30-36)32-16-8-5-9-17-32/h4-30,44-45H,1-3H3. The van der Waals surface area contributed by atoms with Gasteiger partial charge in [0, 0.05) is 11.8 Å². The minimum atomic E-state index is 0.109. The second-order valence-electron chi connectivity index (χ2n) is 14.5. The van der Waals surface area contributed by atoms with Gasteiger partial charge in [0.2, 0.25) is 0 Å². The van der Waals surface area contributed by atoms with E-state index >= 15 is 0 Å². The van der Waals surface area contributed by atoms with Gasteiger partial charge in [-0.3, -0.25) is 0 Å². The molecule has 0 fully saturated rings. The average molecular weight is 615 g/mol. The molecule has 2 atom stereocenters. The van der Waals surface area contributed by atoms with Crippen molar-refractivity contribution in [2.24, 2.45) is 0 Å². The van der Waals surface area contributed by atoms with E-state index < -0.39 is 0 Å². The molecule has 0 heterocycles. The van der Waals surface area contributed by atoms with Crippen LogP contribution in [0, 0.1) is 0 Å². The Balaban J connectivity index is 1.31. The first-order valence-corrected chi connectivity index (χ1v) is 17.2. The van der Waals surface area contributed by atoms with Gasteiger partial charge >= 0.3 is 0 Å². The summed E-state index contributed by atoms with van der Waals surface area (Å²) in [6, 6.07) is 61.4. The van der Waals surface area contributed by atoms with Crippen LogP contribution in [0.5, 0.6) is 0 Å². The molecule has 2 aliphatic rings. The van der Waals surface area contributed by atoms with Crippen molar-refractivity contribution in [3.05, 3.63) is 203 Å². The van der Waals surface area contributed by atoms with E-state index in [1.807, 2.05) is 0 Å². The van der Waals surface area contributed by atoms with Gasteiger partial charge in [-0.15, -0.1) is 0 Å². The van der Waals surface area contributed by atoms with Gasteiger partial charge in [-0.2, -0.15) is 0 Å². The minimum absolute atomic E-state index is 0.109. The third-order valence-electron chi connectivity index (χ3n) is 10.6. The minimum Gasteiger partial charge on any atom is -0.0622 e. The summed E-state index contributed by atoms with van der Waals surface area (Å²) in [5.74, 6) is 0.283. The maximum Gasteiger partial charge on any atom is 0.0356 e. The van der Waals surface area contributed by atoms with Crippen LogP contribution >= 0.6 is 0 Å². The molecule has 0 bridgehead atoms. The molecule has 0 radical (unpaired) electrons. The molecule has 0 saturated heterocycles. The second-order valence-corrected chi connectivity index (χ2v) is 14.5. The first kappa shape index (κ1) is 28.7. The Morgan fingerprint density at radius 1 is 0.354 bits per heavy atom. The molecule has 0 spiro atoms. The fourth-order valence-corrected chi connectivity index (χ4v) is 8.31. The third-order valence-corrected chi connectivity index (χ3v) is 10.6. The monoisotopic (exact) mass is 614 g/mol. The van der Waals surface area contributed by atoms with Crippen molar-refractivity contribution in [2.75, 3.05) is 0 Å². The number of hydrogen-bond acceptors (Lipinski definition) is 0. The first-order valence-electron chi connectivity index (χ1n) is 17.2. The van der Waals surface area contributed by atoms with Gasteiger partial charge in [0.25, 0.3) is 0 Å². The molecule has 2 aliphatic carbocycles. The molecule has 0 amide bonds. The van der Waals surface area contributed by atoms with Gasteiger partial charge in [-0.1, -0.05) is 178 Å². The van der Waals surface area contributed by atoms with Crippen LogP contribution in [0.25, 0.3) is 44.5 Å². The Morgan fingerprint density at radius 3 is 1.27 bits per heavy atom. The van der Waals surface area contributed by atoms with Gasteiger partial charge in [-0.25, -0.2) is 0 Å². The van der Waals surface area contributed by atoms with Crippen LogP contribution in [-0.2, 0) is 5.41 Å². The number of hydrogen-bond donors (Lipinski definition) is 0. The van der Waals surface area contributed by atoms with Crippen molar-refractivity contribution in [1.82, 2.24) is 0 Å². The third kappa shape index (κ3) is 4.59. The quantitative estimate of drug-likeness (QED) is 0.185. The highest BCUT2D eigenvalue weighted by molar-refractivity contribution is 5.91. The number of benzene rings is 7. The van der Waals surface area contributed by atoms with Crippen LogP contribution in [0.4, 0.5) is 0 Å². The lowest BCUT2D eigenvalue weighted by Gasteiger charge is -2.24. The van der Waals surface area contributed by atoms with E-state index in [0.717, 1.165) is 0 Å². The van der Waals surface area contributed by atoms with Crippen LogP contribution in [0.1, 0.15) is 71.6 Å². The Labute approximate surface area is 284 Å². The summed E-state index contributed by atoms with van der Waals surface area (Å²) >= 11 is 0. The van der Waals surface area contributed by atoms with Gasteiger partial charge in [0.1, 0.15) is 0 Å². The van der Waals surface area contributed by atoms with Gasteiger partial charge in [0.15, 0.2) is 0 Å². The van der Waals surface area contributed by atoms with Crippen LogP contribution in [0.15, 0.2) is 164 Å². The zero-order chi connectivity index (χ0) is 32.4. The summed E-state index contributed by atoms with van der Waals surface area (Å²) < 4.78 is 0. The molecule has 0 heteroatoms. The van der Waals surface area contributed by atoms with Crippen molar-refractivity contribution < 1.29 is 0 Å². The van der Waals surface area contributed by atoms with E-state index in [9.17, 15) is 0 Å². The molecular formula is C48H38. The maximum absolute atomic E-state index is 2.45. The lowest BCUT2D eigenvalue weighted by molar-refractivity contribution is 0.590. The molecule has 0 nitrogen and oxygen atoms in total. The van der Waals surface area contributed by atoms with E-state index in [0.29, 0.717) is 0 Å². The van der Waals surface area contributed by atoms with E-state index in [1.54, 1.807) is 0 Å². The summed E-state index contributed by atoms with van der Waals surface area (Å²) in [4.78, 5) is 0. The lowest BCUT2D eigenvalue weighted by Crippen LogP contribution is -2.12. The van der Waals surface area contributed by atoms with Crippen molar-refractivity contribution >= 4 is 0 Å². The van der Waals surface area contributed by atoms with Gasteiger partial charge in [0.05, 0.1) is 0 Å². The maximum atomic E-state index is 2.45. The highest BCUT2D eigenvalue weighted by Gasteiger charge is 2.40. The van der Waals surface area contributed by atoms with E-state index in [-0.39, 0.29) is 17.3 Å². The van der Waals surface area contributed by atoms with Crippen LogP contribution < -0.4 is 0 Å². The van der Waals surface area contributed by atoms with Crippen LogP contribution in [-0.4, -0.2) is 0 Å². The van der Waals surface area contributed by atoms with Crippen molar-refractivity contribution in [3.8, 4) is 44.5 Å². The molecule has 0 saturated carbocycles. The predicted molar refractivity (Wildman–Crippen MR) is 202 cm³/mol. The van der Waals surface area contributed by atoms with Crippen molar-refractivity contribution in [1.29, 1.82) is 0 Å². The molecule has 0 N–H and O–H groups in total. The molecule has 2 unspecified atom stereocenters. The smallest absolute Gasteiger partial charge is 0.0356 e. The molecule has 9 rings (SSSR count). The molecule has 48 heavy (non-hydrogen) atoms. The summed E-state index contributed by atoms with van der Waals surface area (Å²) in [6.07, 6.45) is 0. The van der Waals surface area contributed by atoms with Crippen LogP contribution in [0.2, 0.25) is 0 Å². The highest BCUT2D eigenvalue weighted by Crippen LogP contribution is 2.58. The van der Waals surface area contributed by atoms with E-state index in [4.69, 9.17) is 0 Å². The SMILES string of the molecule is CC(C)(C)c1ccc(C2c3ccccc3-c3ccc4c(c32)C(c2cc(-c3ccccc3)cc(-c3ccccc3)c2)c2ccccc2-4)cc1. The Morgan fingerprint density at radius 2 is 0.792 bits per heavy atom. The fraction of sp³-hybridized carbons (Fsp3) is 0.125. The number of rotatable bonds is 4. The summed E-state index contributed by atoms with van der Waals surface area (Å²) in [5, 5.41) is 0. The largest absolute Gasteiger partial charge is 0.0622 e. The Bertz CT molecular complexity index is 2240. The summed E-state index contributed by atoms with van der Waals surface area (Å²) in [5.41, 5.74) is 20.3. The fourth-order valence-electron chi connectivity index (χ4n) is 8.31. The first-order chi connectivity index (χ1) is 23.5. The molecule has 7 aromatic carbocycles. The summed E-state index contributed by atoms with van der Waals surface area (Å²) in [7, 11) is 0. The van der Waals surface area contributed by atoms with Gasteiger partial charge < -0.3 is 0 Å². The molecular weight excluding hydrogens is 577 g/mol. The molecule has 230 valence electrons. The van der Waals surface area contributed by atoms with Gasteiger partial charge in [-0.05, 0) is 94.9 Å². The number of fused-ring (bicyclic) bond motifs is 7. The summed E-state index contributed by atoms with van der Waals surface area (Å²) in [6.45, 7) is 6.89.